The number of halogens is 2. The summed E-state index contributed by atoms with van der Waals surface area (Å²) in [6, 6.07) is 14.6. The maximum absolute atomic E-state index is 5.93. The molecule has 2 nitrogen and oxygen atoms in total. The minimum Gasteiger partial charge on any atom is -0.399 e. The normalized spacial score (nSPS) is 16.5. The van der Waals surface area contributed by atoms with Crippen molar-refractivity contribution in [3.63, 3.8) is 0 Å². The van der Waals surface area contributed by atoms with Crippen molar-refractivity contribution >= 4 is 36.2 Å². The predicted molar refractivity (Wildman–Crippen MR) is 91.0 cm³/mol. The summed E-state index contributed by atoms with van der Waals surface area (Å²) in [6.07, 6.45) is 3.60. The van der Waals surface area contributed by atoms with Crippen LogP contribution in [0.3, 0.4) is 0 Å². The van der Waals surface area contributed by atoms with E-state index in [9.17, 15) is 0 Å². The molecule has 0 radical (unpaired) electrons. The van der Waals surface area contributed by atoms with E-state index in [4.69, 9.17) is 11.5 Å². The second kappa shape index (κ2) is 6.87. The zero-order chi connectivity index (χ0) is 12.5. The number of nitrogens with two attached hydrogens (primary N) is 2. The molecule has 108 valence electrons. The van der Waals surface area contributed by atoms with Crippen LogP contribution in [0, 0.1) is 0 Å². The Morgan fingerprint density at radius 3 is 2.20 bits per heavy atom. The first kappa shape index (κ1) is 16.7. The van der Waals surface area contributed by atoms with Gasteiger partial charge in [-0.1, -0.05) is 18.2 Å². The SMILES string of the molecule is Cl.Cl.Nc1ccc(C2CCCc3ccc(N)cc32)cc1. The summed E-state index contributed by atoms with van der Waals surface area (Å²) < 4.78 is 0. The Bertz CT molecular complexity index is 567. The highest BCUT2D eigenvalue weighted by atomic mass is 35.5. The minimum absolute atomic E-state index is 0. The minimum atomic E-state index is 0. The Labute approximate surface area is 132 Å². The lowest BCUT2D eigenvalue weighted by molar-refractivity contribution is 0.616. The van der Waals surface area contributed by atoms with E-state index < -0.39 is 0 Å². The molecule has 4 heteroatoms. The summed E-state index contributed by atoms with van der Waals surface area (Å²) in [5.74, 6) is 0.470. The van der Waals surface area contributed by atoms with E-state index in [2.05, 4.69) is 24.3 Å². The van der Waals surface area contributed by atoms with Gasteiger partial charge in [-0.3, -0.25) is 0 Å². The lowest BCUT2D eigenvalue weighted by Crippen LogP contribution is -2.11. The molecule has 1 aliphatic rings. The van der Waals surface area contributed by atoms with Crippen molar-refractivity contribution in [3.05, 3.63) is 59.2 Å². The van der Waals surface area contributed by atoms with Crippen molar-refractivity contribution in [2.75, 3.05) is 11.5 Å². The number of rotatable bonds is 1. The molecule has 1 aliphatic carbocycles. The molecule has 0 bridgehead atoms. The van der Waals surface area contributed by atoms with Gasteiger partial charge in [-0.15, -0.1) is 24.8 Å². The zero-order valence-corrected chi connectivity index (χ0v) is 12.8. The third-order valence-corrected chi connectivity index (χ3v) is 3.82. The van der Waals surface area contributed by atoms with Crippen molar-refractivity contribution in [1.82, 2.24) is 0 Å². The molecule has 0 saturated carbocycles. The van der Waals surface area contributed by atoms with Crippen LogP contribution in [0.2, 0.25) is 0 Å². The molecule has 0 aromatic heterocycles. The second-order valence-electron chi connectivity index (χ2n) is 5.07. The van der Waals surface area contributed by atoms with Gasteiger partial charge in [-0.05, 0) is 60.2 Å². The molecule has 2 aromatic rings. The molecular formula is C16H20Cl2N2. The molecule has 1 atom stereocenters. The fourth-order valence-corrected chi connectivity index (χ4v) is 2.89. The summed E-state index contributed by atoms with van der Waals surface area (Å²) in [7, 11) is 0. The van der Waals surface area contributed by atoms with Gasteiger partial charge in [0.25, 0.3) is 0 Å². The van der Waals surface area contributed by atoms with Crippen molar-refractivity contribution in [2.24, 2.45) is 0 Å². The Balaban J connectivity index is 0.000001000. The van der Waals surface area contributed by atoms with Gasteiger partial charge in [0.1, 0.15) is 0 Å². The average molecular weight is 311 g/mol. The molecule has 0 spiro atoms. The van der Waals surface area contributed by atoms with Crippen LogP contribution in [-0.4, -0.2) is 0 Å². The van der Waals surface area contributed by atoms with E-state index in [1.54, 1.807) is 0 Å². The highest BCUT2D eigenvalue weighted by molar-refractivity contribution is 5.85. The third-order valence-electron chi connectivity index (χ3n) is 3.82. The third kappa shape index (κ3) is 3.20. The average Bonchev–Trinajstić information content (AvgIpc) is 2.39. The van der Waals surface area contributed by atoms with Gasteiger partial charge in [-0.25, -0.2) is 0 Å². The van der Waals surface area contributed by atoms with Crippen LogP contribution in [0.5, 0.6) is 0 Å². The first-order chi connectivity index (χ1) is 8.74. The fraction of sp³-hybridized carbons (Fsp3) is 0.250. The smallest absolute Gasteiger partial charge is 0.0317 e. The van der Waals surface area contributed by atoms with Crippen molar-refractivity contribution < 1.29 is 0 Å². The molecule has 2 aromatic carbocycles. The number of benzene rings is 2. The molecule has 0 amide bonds. The van der Waals surface area contributed by atoms with E-state index in [1.807, 2.05) is 18.2 Å². The number of hydrogen-bond acceptors (Lipinski definition) is 2. The second-order valence-corrected chi connectivity index (χ2v) is 5.07. The maximum Gasteiger partial charge on any atom is 0.0317 e. The molecule has 4 N–H and O–H groups in total. The van der Waals surface area contributed by atoms with E-state index in [-0.39, 0.29) is 24.8 Å². The van der Waals surface area contributed by atoms with Crippen LogP contribution in [0.1, 0.15) is 35.4 Å². The first-order valence-corrected chi connectivity index (χ1v) is 6.48. The van der Waals surface area contributed by atoms with Crippen LogP contribution in [0.4, 0.5) is 11.4 Å². The molecule has 0 saturated heterocycles. The van der Waals surface area contributed by atoms with Crippen molar-refractivity contribution in [3.8, 4) is 0 Å². The number of aryl methyl sites for hydroxylation is 1. The molecule has 0 aliphatic heterocycles. The van der Waals surface area contributed by atoms with Crippen LogP contribution in [-0.2, 0) is 6.42 Å². The largest absolute Gasteiger partial charge is 0.399 e. The topological polar surface area (TPSA) is 52.0 Å². The Hall–Kier alpha value is -1.38. The Kier molecular flexibility index (Phi) is 5.73. The van der Waals surface area contributed by atoms with Gasteiger partial charge >= 0.3 is 0 Å². The number of fused-ring (bicyclic) bond motifs is 1. The zero-order valence-electron chi connectivity index (χ0n) is 11.2. The Morgan fingerprint density at radius 2 is 1.50 bits per heavy atom. The van der Waals surface area contributed by atoms with E-state index in [0.29, 0.717) is 5.92 Å². The standard InChI is InChI=1S/C16H18N2.2ClH/c17-13-7-4-12(5-8-13)15-3-1-2-11-6-9-14(18)10-16(11)15;;/h4-10,15H,1-3,17-18H2;2*1H. The van der Waals surface area contributed by atoms with Crippen molar-refractivity contribution in [2.45, 2.75) is 25.2 Å². The van der Waals surface area contributed by atoms with E-state index >= 15 is 0 Å². The summed E-state index contributed by atoms with van der Waals surface area (Å²) in [6.45, 7) is 0. The molecule has 0 fully saturated rings. The molecule has 1 unspecified atom stereocenters. The summed E-state index contributed by atoms with van der Waals surface area (Å²) >= 11 is 0. The van der Waals surface area contributed by atoms with Crippen LogP contribution < -0.4 is 11.5 Å². The number of hydrogen-bond donors (Lipinski definition) is 2. The highest BCUT2D eigenvalue weighted by Crippen LogP contribution is 2.37. The summed E-state index contributed by atoms with van der Waals surface area (Å²) in [4.78, 5) is 0. The van der Waals surface area contributed by atoms with Crippen LogP contribution in [0.15, 0.2) is 42.5 Å². The number of anilines is 2. The fourth-order valence-electron chi connectivity index (χ4n) is 2.89. The summed E-state index contributed by atoms with van der Waals surface area (Å²) in [5.41, 5.74) is 17.5. The Morgan fingerprint density at radius 1 is 0.850 bits per heavy atom. The molecule has 0 heterocycles. The maximum atomic E-state index is 5.93. The molecule has 3 rings (SSSR count). The van der Waals surface area contributed by atoms with Gasteiger partial charge < -0.3 is 11.5 Å². The molecule has 20 heavy (non-hydrogen) atoms. The van der Waals surface area contributed by atoms with Crippen molar-refractivity contribution in [1.29, 1.82) is 0 Å². The van der Waals surface area contributed by atoms with E-state index in [1.165, 1.54) is 36.0 Å². The number of nitrogen functional groups attached to an aromatic ring is 2. The summed E-state index contributed by atoms with van der Waals surface area (Å²) in [5, 5.41) is 0. The molecular weight excluding hydrogens is 291 g/mol. The van der Waals surface area contributed by atoms with E-state index in [0.717, 1.165) is 11.4 Å². The lowest BCUT2D eigenvalue weighted by Gasteiger charge is -2.26. The van der Waals surface area contributed by atoms with Gasteiger partial charge in [0.2, 0.25) is 0 Å². The lowest BCUT2D eigenvalue weighted by atomic mass is 9.79. The highest BCUT2D eigenvalue weighted by Gasteiger charge is 2.21. The van der Waals surface area contributed by atoms with Gasteiger partial charge in [0, 0.05) is 17.3 Å². The van der Waals surface area contributed by atoms with Gasteiger partial charge in [0.15, 0.2) is 0 Å². The van der Waals surface area contributed by atoms with Crippen LogP contribution >= 0.6 is 24.8 Å². The van der Waals surface area contributed by atoms with Crippen LogP contribution in [0.25, 0.3) is 0 Å². The van der Waals surface area contributed by atoms with Gasteiger partial charge in [-0.2, -0.15) is 0 Å². The predicted octanol–water partition coefficient (Wildman–Crippen LogP) is 4.16. The quantitative estimate of drug-likeness (QED) is 0.777. The monoisotopic (exact) mass is 310 g/mol. The van der Waals surface area contributed by atoms with Gasteiger partial charge in [0.05, 0.1) is 0 Å². The first-order valence-electron chi connectivity index (χ1n) is 6.48.